The summed E-state index contributed by atoms with van der Waals surface area (Å²) in [7, 11) is 3.06. The van der Waals surface area contributed by atoms with Gasteiger partial charge in [-0.05, 0) is 53.9 Å². The molecule has 2 rings (SSSR count). The first-order valence-electron chi connectivity index (χ1n) is 7.29. The highest BCUT2D eigenvalue weighted by molar-refractivity contribution is 9.10. The summed E-state index contributed by atoms with van der Waals surface area (Å²) >= 11 is 3.41. The Hall–Kier alpha value is -1.82. The minimum Gasteiger partial charge on any atom is -0.493 e. The van der Waals surface area contributed by atoms with Gasteiger partial charge in [0, 0.05) is 5.54 Å². The summed E-state index contributed by atoms with van der Waals surface area (Å²) < 4.78 is 11.2. The molecule has 0 aliphatic heterocycles. The minimum absolute atomic E-state index is 0.273. The van der Waals surface area contributed by atoms with Crippen molar-refractivity contribution in [3.05, 3.63) is 37.1 Å². The molecule has 2 aromatic carbocycles. The lowest BCUT2D eigenvalue weighted by atomic mass is 9.94. The van der Waals surface area contributed by atoms with Crippen molar-refractivity contribution in [3.8, 4) is 22.6 Å². The Morgan fingerprint density at radius 1 is 1.13 bits per heavy atom. The Morgan fingerprint density at radius 2 is 1.78 bits per heavy atom. The Balaban J connectivity index is 2.57. The molecule has 5 nitrogen and oxygen atoms in total. The van der Waals surface area contributed by atoms with E-state index in [0.29, 0.717) is 32.8 Å². The van der Waals surface area contributed by atoms with Crippen LogP contribution in [0.4, 0.5) is 5.69 Å². The molecule has 0 saturated heterocycles. The monoisotopic (exact) mass is 381 g/mol. The molecule has 1 N–H and O–H groups in total. The van der Waals surface area contributed by atoms with E-state index in [9.17, 15) is 9.59 Å². The molecule has 0 amide bonds. The van der Waals surface area contributed by atoms with Crippen molar-refractivity contribution in [1.29, 1.82) is 0 Å². The van der Waals surface area contributed by atoms with Gasteiger partial charge in [-0.2, -0.15) is 0 Å². The fourth-order valence-electron chi connectivity index (χ4n) is 2.28. The van der Waals surface area contributed by atoms with Gasteiger partial charge in [-0.3, -0.25) is 9.59 Å². The second-order valence-electron chi connectivity index (χ2n) is 5.96. The quantitative estimate of drug-likeness (QED) is 0.777. The molecule has 0 heterocycles. The van der Waals surface area contributed by atoms with Crippen LogP contribution in [0.5, 0.6) is 11.5 Å². The van der Waals surface area contributed by atoms with Crippen molar-refractivity contribution in [2.45, 2.75) is 32.7 Å². The summed E-state index contributed by atoms with van der Waals surface area (Å²) in [5, 5.41) is 3.18. The largest absolute Gasteiger partial charge is 0.493 e. The number of anilines is 1. The van der Waals surface area contributed by atoms with Crippen LogP contribution >= 0.6 is 15.9 Å². The molecule has 0 spiro atoms. The maximum Gasteiger partial charge on any atom is 0.250 e. The van der Waals surface area contributed by atoms with Crippen molar-refractivity contribution in [2.24, 2.45) is 0 Å². The Kier molecular flexibility index (Phi) is 4.84. The Morgan fingerprint density at radius 3 is 2.30 bits per heavy atom. The van der Waals surface area contributed by atoms with Crippen molar-refractivity contribution in [3.63, 3.8) is 0 Å². The maximum absolute atomic E-state index is 12.1. The van der Waals surface area contributed by atoms with E-state index in [-0.39, 0.29) is 5.54 Å². The third-order valence-electron chi connectivity index (χ3n) is 3.98. The van der Waals surface area contributed by atoms with Gasteiger partial charge in [0.2, 0.25) is 10.9 Å². The molecule has 0 radical (unpaired) electrons. The zero-order chi connectivity index (χ0) is 17.4. The lowest BCUT2D eigenvalue weighted by Crippen LogP contribution is -2.42. The average Bonchev–Trinajstić information content (AvgIpc) is 2.53. The van der Waals surface area contributed by atoms with Crippen molar-refractivity contribution in [1.82, 2.24) is 0 Å². The van der Waals surface area contributed by atoms with Crippen LogP contribution < -0.4 is 25.6 Å². The van der Waals surface area contributed by atoms with Crippen molar-refractivity contribution in [2.75, 3.05) is 19.5 Å². The molecular formula is C17H20BrNO4. The molecule has 2 aromatic rings. The molecular weight excluding hydrogens is 362 g/mol. The van der Waals surface area contributed by atoms with E-state index >= 15 is 0 Å². The third-order valence-corrected chi connectivity index (χ3v) is 4.57. The molecule has 0 aliphatic rings. The predicted octanol–water partition coefficient (Wildman–Crippen LogP) is 3.33. The summed E-state index contributed by atoms with van der Waals surface area (Å²) in [5.74, 6) is 1.03. The van der Waals surface area contributed by atoms with Gasteiger partial charge in [-0.1, -0.05) is 6.92 Å². The highest BCUT2D eigenvalue weighted by Gasteiger charge is 2.28. The topological polar surface area (TPSA) is 64.6 Å². The van der Waals surface area contributed by atoms with E-state index in [1.165, 1.54) is 14.2 Å². The molecule has 0 aromatic heterocycles. The first kappa shape index (κ1) is 17.5. The van der Waals surface area contributed by atoms with Gasteiger partial charge >= 0.3 is 0 Å². The molecule has 0 bridgehead atoms. The van der Waals surface area contributed by atoms with E-state index in [0.717, 1.165) is 6.42 Å². The fourth-order valence-corrected chi connectivity index (χ4v) is 2.88. The summed E-state index contributed by atoms with van der Waals surface area (Å²) in [5.41, 5.74) is 0.128. The Bertz CT molecular complexity index is 804. The standard InChI is InChI=1S/C17H20BrNO4/c1-6-17(2,3)19-13-12(14(20)15(13)21)9-7-10(18)16(23-5)11(8-9)22-4/h7-8,19H,6H2,1-5H3. The van der Waals surface area contributed by atoms with Crippen molar-refractivity contribution >= 4 is 21.6 Å². The minimum atomic E-state index is -0.487. The number of ether oxygens (including phenoxy) is 2. The van der Waals surface area contributed by atoms with Gasteiger partial charge in [0.15, 0.2) is 11.5 Å². The summed E-state index contributed by atoms with van der Waals surface area (Å²) in [6, 6.07) is 3.45. The van der Waals surface area contributed by atoms with Crippen molar-refractivity contribution < 1.29 is 9.47 Å². The molecule has 6 heteroatoms. The summed E-state index contributed by atoms with van der Waals surface area (Å²) in [4.78, 5) is 24.0. The lowest BCUT2D eigenvalue weighted by molar-refractivity contribution is 0.353. The van der Waals surface area contributed by atoms with Gasteiger partial charge in [0.25, 0.3) is 0 Å². The van der Waals surface area contributed by atoms with Crippen LogP contribution in [0.3, 0.4) is 0 Å². The van der Waals surface area contributed by atoms with Gasteiger partial charge in [-0.25, -0.2) is 0 Å². The lowest BCUT2D eigenvalue weighted by Gasteiger charge is -2.28. The molecule has 0 unspecified atom stereocenters. The first-order chi connectivity index (χ1) is 10.8. The van der Waals surface area contributed by atoms with Crippen LogP contribution in [0.15, 0.2) is 26.2 Å². The molecule has 124 valence electrons. The molecule has 0 saturated carbocycles. The second-order valence-corrected chi connectivity index (χ2v) is 6.82. The average molecular weight is 382 g/mol. The highest BCUT2D eigenvalue weighted by Crippen LogP contribution is 2.40. The van der Waals surface area contributed by atoms with Gasteiger partial charge in [0.1, 0.15) is 0 Å². The second kappa shape index (κ2) is 6.35. The van der Waals surface area contributed by atoms with Gasteiger partial charge in [-0.15, -0.1) is 0 Å². The Labute approximate surface area is 143 Å². The van der Waals surface area contributed by atoms with E-state index < -0.39 is 10.9 Å². The third kappa shape index (κ3) is 3.13. The van der Waals surface area contributed by atoms with Gasteiger partial charge < -0.3 is 14.8 Å². The zero-order valence-electron chi connectivity index (χ0n) is 13.9. The van der Waals surface area contributed by atoms with Gasteiger partial charge in [0.05, 0.1) is 29.9 Å². The first-order valence-corrected chi connectivity index (χ1v) is 8.08. The molecule has 0 fully saturated rings. The number of rotatable bonds is 6. The summed E-state index contributed by atoms with van der Waals surface area (Å²) in [6.45, 7) is 5.99. The van der Waals surface area contributed by atoms with E-state index in [1.54, 1.807) is 12.1 Å². The SMILES string of the molecule is CCC(C)(C)Nc1c(-c2cc(Br)c(OC)c(OC)c2)c(=O)c1=O. The number of nitrogens with one attached hydrogen (secondary N) is 1. The molecule has 0 atom stereocenters. The van der Waals surface area contributed by atoms with E-state index in [1.807, 2.05) is 20.8 Å². The highest BCUT2D eigenvalue weighted by atomic mass is 79.9. The number of halogens is 1. The van der Waals surface area contributed by atoms with E-state index in [2.05, 4.69) is 21.2 Å². The smallest absolute Gasteiger partial charge is 0.250 e. The van der Waals surface area contributed by atoms with Crippen LogP contribution in [0.25, 0.3) is 11.1 Å². The number of hydrogen-bond acceptors (Lipinski definition) is 5. The number of methoxy groups -OCH3 is 2. The van der Waals surface area contributed by atoms with Crippen LogP contribution in [-0.2, 0) is 0 Å². The van der Waals surface area contributed by atoms with Crippen LogP contribution in [-0.4, -0.2) is 19.8 Å². The van der Waals surface area contributed by atoms with Crippen LogP contribution in [0.1, 0.15) is 27.2 Å². The molecule has 0 aliphatic carbocycles. The zero-order valence-corrected chi connectivity index (χ0v) is 15.5. The molecule has 23 heavy (non-hydrogen) atoms. The normalized spacial score (nSPS) is 11.6. The summed E-state index contributed by atoms with van der Waals surface area (Å²) in [6.07, 6.45) is 0.820. The maximum atomic E-state index is 12.1. The number of benzene rings is 1. The predicted molar refractivity (Wildman–Crippen MR) is 95.6 cm³/mol. The van der Waals surface area contributed by atoms with E-state index in [4.69, 9.17) is 9.47 Å². The van der Waals surface area contributed by atoms with Crippen LogP contribution in [0, 0.1) is 0 Å². The van der Waals surface area contributed by atoms with Crippen LogP contribution in [0.2, 0.25) is 0 Å². The number of hydrogen-bond donors (Lipinski definition) is 1. The fraction of sp³-hybridized carbons (Fsp3) is 0.412.